The second-order valence-electron chi connectivity index (χ2n) is 7.82. The maximum Gasteiger partial charge on any atom is 0.236 e. The van der Waals surface area contributed by atoms with Crippen LogP contribution in [0.15, 0.2) is 17.2 Å². The molecule has 5 aliphatic rings. The van der Waals surface area contributed by atoms with Gasteiger partial charge in [-0.25, -0.2) is 14.8 Å². The Morgan fingerprint density at radius 1 is 1.25 bits per heavy atom. The molecule has 1 aliphatic carbocycles. The molecule has 1 aromatic rings. The summed E-state index contributed by atoms with van der Waals surface area (Å²) in [6.07, 6.45) is 5.55. The zero-order valence-electron chi connectivity index (χ0n) is 14.3. The molecule has 6 rings (SSSR count). The first-order valence-electron chi connectivity index (χ1n) is 8.85. The minimum atomic E-state index is -0.725. The molecule has 1 saturated carbocycles. The second-order valence-corrected chi connectivity index (χ2v) is 8.72. The molecule has 6 atom stereocenters. The molecule has 5 nitrogen and oxygen atoms in total. The van der Waals surface area contributed by atoms with Crippen LogP contribution in [0.4, 0.5) is 0 Å². The van der Waals surface area contributed by atoms with Crippen molar-refractivity contribution in [3.8, 4) is 0 Å². The van der Waals surface area contributed by atoms with E-state index in [2.05, 4.69) is 18.8 Å². The first kappa shape index (κ1) is 15.3. The molecular formula is C18H23NO4S. The van der Waals surface area contributed by atoms with Gasteiger partial charge in [0.15, 0.2) is 16.4 Å². The predicted octanol–water partition coefficient (Wildman–Crippen LogP) is 4.12. The molecule has 24 heavy (non-hydrogen) atoms. The summed E-state index contributed by atoms with van der Waals surface area (Å²) in [5.41, 5.74) is 0.689. The van der Waals surface area contributed by atoms with Gasteiger partial charge in [-0.1, -0.05) is 6.92 Å². The summed E-state index contributed by atoms with van der Waals surface area (Å²) in [7, 11) is 0. The topological polar surface area (TPSA) is 49.8 Å². The standard InChI is InChI=1S/C18H23NO4S/c1-10-4-5-13-11(2)14(15-19-8-9-24-15)20-16-18(13)12(10)6-7-17(3,21-16)22-23-18/h8-10,12-13,16H,4-7H2,1-3H3/t10-,12?,13+,16-,17-,18-/m1/s1. The van der Waals surface area contributed by atoms with Crippen molar-refractivity contribution in [1.29, 1.82) is 0 Å². The van der Waals surface area contributed by atoms with Crippen molar-refractivity contribution < 1.29 is 19.2 Å². The molecule has 1 spiro atoms. The van der Waals surface area contributed by atoms with Crippen molar-refractivity contribution in [3.05, 3.63) is 22.2 Å². The largest absolute Gasteiger partial charge is 0.458 e. The monoisotopic (exact) mass is 349 g/mol. The van der Waals surface area contributed by atoms with E-state index in [1.807, 2.05) is 18.5 Å². The molecule has 0 aromatic carbocycles. The van der Waals surface area contributed by atoms with Crippen LogP contribution >= 0.6 is 11.3 Å². The van der Waals surface area contributed by atoms with Crippen LogP contribution in [0.1, 0.15) is 51.5 Å². The number of thiazole rings is 1. The number of hydrogen-bond acceptors (Lipinski definition) is 6. The molecule has 4 aliphatic heterocycles. The number of fused-ring (bicyclic) bond motifs is 2. The van der Waals surface area contributed by atoms with Crippen molar-refractivity contribution in [2.45, 2.75) is 64.1 Å². The van der Waals surface area contributed by atoms with E-state index in [1.54, 1.807) is 11.3 Å². The molecule has 6 heteroatoms. The number of nitrogens with zero attached hydrogens (tertiary/aromatic N) is 1. The highest BCUT2D eigenvalue weighted by atomic mass is 32.1. The van der Waals surface area contributed by atoms with Gasteiger partial charge in [-0.2, -0.15) is 0 Å². The van der Waals surface area contributed by atoms with Crippen LogP contribution in [-0.4, -0.2) is 22.7 Å². The maximum atomic E-state index is 6.40. The fourth-order valence-electron chi connectivity index (χ4n) is 5.17. The van der Waals surface area contributed by atoms with E-state index in [0.29, 0.717) is 11.8 Å². The van der Waals surface area contributed by atoms with Crippen molar-refractivity contribution >= 4 is 17.1 Å². The Morgan fingerprint density at radius 3 is 2.92 bits per heavy atom. The molecule has 130 valence electrons. The van der Waals surface area contributed by atoms with Gasteiger partial charge in [-0.3, -0.25) is 0 Å². The highest BCUT2D eigenvalue weighted by Crippen LogP contribution is 2.60. The maximum absolute atomic E-state index is 6.40. The van der Waals surface area contributed by atoms with Crippen molar-refractivity contribution in [2.75, 3.05) is 0 Å². The van der Waals surface area contributed by atoms with Crippen LogP contribution < -0.4 is 0 Å². The lowest BCUT2D eigenvalue weighted by atomic mass is 9.59. The van der Waals surface area contributed by atoms with Gasteiger partial charge in [-0.15, -0.1) is 11.3 Å². The number of ether oxygens (including phenoxy) is 2. The second kappa shape index (κ2) is 5.04. The first-order valence-corrected chi connectivity index (χ1v) is 9.73. The average Bonchev–Trinajstić information content (AvgIpc) is 2.99. The summed E-state index contributed by atoms with van der Waals surface area (Å²) in [6.45, 7) is 6.43. The Morgan fingerprint density at radius 2 is 2.12 bits per heavy atom. The van der Waals surface area contributed by atoms with E-state index in [1.165, 1.54) is 12.0 Å². The van der Waals surface area contributed by atoms with Crippen LogP contribution in [-0.2, 0) is 19.2 Å². The van der Waals surface area contributed by atoms with Crippen LogP contribution in [0.25, 0.3) is 5.76 Å². The Kier molecular flexibility index (Phi) is 3.21. The van der Waals surface area contributed by atoms with Crippen molar-refractivity contribution in [3.63, 3.8) is 0 Å². The van der Waals surface area contributed by atoms with E-state index < -0.39 is 17.7 Å². The van der Waals surface area contributed by atoms with E-state index in [0.717, 1.165) is 30.0 Å². The van der Waals surface area contributed by atoms with E-state index in [4.69, 9.17) is 19.2 Å². The summed E-state index contributed by atoms with van der Waals surface area (Å²) in [4.78, 5) is 16.4. The molecule has 0 amide bonds. The van der Waals surface area contributed by atoms with Crippen LogP contribution in [0.2, 0.25) is 0 Å². The summed E-state index contributed by atoms with van der Waals surface area (Å²) in [5, 5.41) is 2.91. The Balaban J connectivity index is 1.67. The lowest BCUT2D eigenvalue weighted by Gasteiger charge is -2.57. The molecular weight excluding hydrogens is 326 g/mol. The highest BCUT2D eigenvalue weighted by molar-refractivity contribution is 7.10. The lowest BCUT2D eigenvalue weighted by molar-refractivity contribution is -0.553. The van der Waals surface area contributed by atoms with Gasteiger partial charge in [0.25, 0.3) is 0 Å². The Labute approximate surface area is 145 Å². The summed E-state index contributed by atoms with van der Waals surface area (Å²) in [5.74, 6) is 1.36. The molecule has 4 fully saturated rings. The minimum absolute atomic E-state index is 0.249. The minimum Gasteiger partial charge on any atom is -0.458 e. The van der Waals surface area contributed by atoms with Crippen LogP contribution in [0.3, 0.4) is 0 Å². The third-order valence-corrected chi connectivity index (χ3v) is 7.22. The molecule has 5 heterocycles. The fraction of sp³-hybridized carbons (Fsp3) is 0.722. The zero-order valence-corrected chi connectivity index (χ0v) is 15.1. The van der Waals surface area contributed by atoms with Crippen LogP contribution in [0.5, 0.6) is 0 Å². The van der Waals surface area contributed by atoms with Gasteiger partial charge in [0.05, 0.1) is 0 Å². The smallest absolute Gasteiger partial charge is 0.236 e. The van der Waals surface area contributed by atoms with Gasteiger partial charge < -0.3 is 9.47 Å². The normalized spacial score (nSPS) is 47.1. The molecule has 2 bridgehead atoms. The third kappa shape index (κ3) is 1.88. The summed E-state index contributed by atoms with van der Waals surface area (Å²) >= 11 is 1.60. The quantitative estimate of drug-likeness (QED) is 0.714. The number of rotatable bonds is 1. The van der Waals surface area contributed by atoms with Crippen molar-refractivity contribution in [1.82, 2.24) is 4.98 Å². The van der Waals surface area contributed by atoms with Gasteiger partial charge in [0.2, 0.25) is 12.1 Å². The van der Waals surface area contributed by atoms with E-state index in [9.17, 15) is 0 Å². The fourth-order valence-corrected chi connectivity index (χ4v) is 5.86. The van der Waals surface area contributed by atoms with E-state index in [-0.39, 0.29) is 5.92 Å². The molecule has 0 radical (unpaired) electrons. The van der Waals surface area contributed by atoms with Gasteiger partial charge in [0, 0.05) is 29.8 Å². The highest BCUT2D eigenvalue weighted by Gasteiger charge is 2.68. The first-order chi connectivity index (χ1) is 11.5. The van der Waals surface area contributed by atoms with Gasteiger partial charge >= 0.3 is 0 Å². The van der Waals surface area contributed by atoms with Gasteiger partial charge in [0.1, 0.15) is 0 Å². The zero-order chi connectivity index (χ0) is 16.5. The number of hydrogen-bond donors (Lipinski definition) is 0. The average molecular weight is 349 g/mol. The SMILES string of the molecule is CC1=C(c2nccs2)O[C@@H]2O[C@@]3(C)CCC4[C@H](C)CC[C@@H]1[C@]42OO3. The van der Waals surface area contributed by atoms with E-state index >= 15 is 0 Å². The Bertz CT molecular complexity index is 689. The lowest BCUT2D eigenvalue weighted by Crippen LogP contribution is -2.66. The molecule has 1 unspecified atom stereocenters. The predicted molar refractivity (Wildman–Crippen MR) is 88.6 cm³/mol. The summed E-state index contributed by atoms with van der Waals surface area (Å²) in [6, 6.07) is 0. The van der Waals surface area contributed by atoms with Crippen LogP contribution in [0, 0.1) is 17.8 Å². The summed E-state index contributed by atoms with van der Waals surface area (Å²) < 4.78 is 12.7. The molecule has 1 aromatic heterocycles. The third-order valence-electron chi connectivity index (χ3n) is 6.45. The Hall–Kier alpha value is -0.950. The number of aromatic nitrogens is 1. The van der Waals surface area contributed by atoms with Gasteiger partial charge in [-0.05, 0) is 44.6 Å². The van der Waals surface area contributed by atoms with Crippen molar-refractivity contribution in [2.24, 2.45) is 17.8 Å². The molecule has 3 saturated heterocycles. The molecule has 0 N–H and O–H groups in total.